The molecular weight excluding hydrogens is 314 g/mol. The third-order valence-corrected chi connectivity index (χ3v) is 5.36. The second-order valence-electron chi connectivity index (χ2n) is 6.27. The highest BCUT2D eigenvalue weighted by Gasteiger charge is 2.10. The van der Waals surface area contributed by atoms with Crippen molar-refractivity contribution in [3.63, 3.8) is 0 Å². The largest absolute Gasteiger partial charge is 0.496 e. The Labute approximate surface area is 151 Å². The smallest absolute Gasteiger partial charge is 0.124 e. The molecule has 0 bridgehead atoms. The number of anilines is 1. The van der Waals surface area contributed by atoms with Gasteiger partial charge in [0.05, 0.1) is 7.11 Å². The van der Waals surface area contributed by atoms with E-state index in [0.29, 0.717) is 0 Å². The van der Waals surface area contributed by atoms with Crippen LogP contribution in [0.15, 0.2) is 35.7 Å². The zero-order valence-electron chi connectivity index (χ0n) is 15.4. The molecule has 132 valence electrons. The van der Waals surface area contributed by atoms with E-state index in [1.54, 1.807) is 7.11 Å². The first-order chi connectivity index (χ1) is 11.8. The van der Waals surface area contributed by atoms with Gasteiger partial charge in [0, 0.05) is 29.7 Å². The number of benzene rings is 1. The minimum absolute atomic E-state index is 1.03. The van der Waals surface area contributed by atoms with Crippen molar-refractivity contribution in [1.82, 2.24) is 0 Å². The number of thiophene rings is 1. The number of nitrogens with zero attached hydrogens (tertiary/aromatic N) is 1. The van der Waals surface area contributed by atoms with E-state index < -0.39 is 0 Å². The highest BCUT2D eigenvalue weighted by atomic mass is 32.1. The predicted molar refractivity (Wildman–Crippen MR) is 107 cm³/mol. The summed E-state index contributed by atoms with van der Waals surface area (Å²) in [5.41, 5.74) is 2.61. The Bertz CT molecular complexity index is 572. The summed E-state index contributed by atoms with van der Waals surface area (Å²) in [5.74, 6) is 1.03. The molecule has 0 saturated heterocycles. The molecule has 0 aliphatic carbocycles. The lowest BCUT2D eigenvalue weighted by Crippen LogP contribution is -2.25. The van der Waals surface area contributed by atoms with Crippen molar-refractivity contribution in [2.24, 2.45) is 0 Å². The van der Waals surface area contributed by atoms with Crippen LogP contribution in [0.2, 0.25) is 0 Å². The van der Waals surface area contributed by atoms with Gasteiger partial charge in [-0.25, -0.2) is 0 Å². The Morgan fingerprint density at radius 3 is 2.33 bits per heavy atom. The van der Waals surface area contributed by atoms with Crippen molar-refractivity contribution in [3.8, 4) is 5.75 Å². The molecule has 0 N–H and O–H groups in total. The van der Waals surface area contributed by atoms with Gasteiger partial charge in [-0.05, 0) is 48.8 Å². The molecule has 0 radical (unpaired) electrons. The number of hydrogen-bond acceptors (Lipinski definition) is 3. The first-order valence-corrected chi connectivity index (χ1v) is 10.1. The van der Waals surface area contributed by atoms with Crippen LogP contribution >= 0.6 is 11.3 Å². The summed E-state index contributed by atoms with van der Waals surface area (Å²) in [4.78, 5) is 3.95. The first kappa shape index (κ1) is 18.9. The molecule has 0 aliphatic rings. The molecule has 1 heterocycles. The van der Waals surface area contributed by atoms with E-state index in [9.17, 15) is 0 Å². The average molecular weight is 346 g/mol. The van der Waals surface area contributed by atoms with Crippen LogP contribution in [0.5, 0.6) is 5.75 Å². The molecule has 0 unspecified atom stereocenters. The molecule has 2 aromatic rings. The lowest BCUT2D eigenvalue weighted by atomic mass is 10.1. The Morgan fingerprint density at radius 1 is 1.00 bits per heavy atom. The number of hydrogen-bond donors (Lipinski definition) is 0. The monoisotopic (exact) mass is 345 g/mol. The zero-order chi connectivity index (χ0) is 17.2. The summed E-state index contributed by atoms with van der Waals surface area (Å²) in [6, 6.07) is 11.1. The maximum absolute atomic E-state index is 5.69. The molecule has 1 aromatic carbocycles. The van der Waals surface area contributed by atoms with Crippen LogP contribution in [0.25, 0.3) is 0 Å². The summed E-state index contributed by atoms with van der Waals surface area (Å²) >= 11 is 1.83. The fraction of sp³-hybridized carbons (Fsp3) is 0.524. The maximum atomic E-state index is 5.69. The molecule has 0 fully saturated rings. The van der Waals surface area contributed by atoms with Crippen LogP contribution in [0.3, 0.4) is 0 Å². The highest BCUT2D eigenvalue weighted by Crippen LogP contribution is 2.28. The Kier molecular flexibility index (Phi) is 8.17. The Morgan fingerprint density at radius 2 is 1.75 bits per heavy atom. The topological polar surface area (TPSA) is 12.5 Å². The summed E-state index contributed by atoms with van der Waals surface area (Å²) in [6.07, 6.45) is 7.08. The van der Waals surface area contributed by atoms with E-state index in [0.717, 1.165) is 31.7 Å². The lowest BCUT2D eigenvalue weighted by molar-refractivity contribution is 0.409. The van der Waals surface area contributed by atoms with Crippen molar-refractivity contribution in [2.45, 2.75) is 52.4 Å². The third-order valence-electron chi connectivity index (χ3n) is 4.42. The number of ether oxygens (including phenoxy) is 1. The van der Waals surface area contributed by atoms with E-state index in [-0.39, 0.29) is 0 Å². The molecule has 3 heteroatoms. The van der Waals surface area contributed by atoms with Gasteiger partial charge in [0.25, 0.3) is 0 Å². The molecule has 0 amide bonds. The number of unbranched alkanes of at least 4 members (excludes halogenated alkanes) is 2. The quantitative estimate of drug-likeness (QED) is 0.499. The van der Waals surface area contributed by atoms with Gasteiger partial charge in [-0.1, -0.05) is 38.8 Å². The van der Waals surface area contributed by atoms with Gasteiger partial charge in [-0.15, -0.1) is 11.3 Å². The van der Waals surface area contributed by atoms with Gasteiger partial charge in [-0.3, -0.25) is 0 Å². The van der Waals surface area contributed by atoms with Crippen LogP contribution < -0.4 is 9.64 Å². The maximum Gasteiger partial charge on any atom is 0.124 e. The minimum Gasteiger partial charge on any atom is -0.496 e. The average Bonchev–Trinajstić information content (AvgIpc) is 3.13. The fourth-order valence-corrected chi connectivity index (χ4v) is 3.63. The molecule has 24 heavy (non-hydrogen) atoms. The van der Waals surface area contributed by atoms with Crippen molar-refractivity contribution >= 4 is 17.0 Å². The van der Waals surface area contributed by atoms with Gasteiger partial charge in [0.1, 0.15) is 5.75 Å². The SMILES string of the molecule is CCCCN(CCCC)c1ccc(CCc2cccs2)c(OC)c1. The van der Waals surface area contributed by atoms with Crippen molar-refractivity contribution in [1.29, 1.82) is 0 Å². The number of rotatable bonds is 11. The second-order valence-corrected chi connectivity index (χ2v) is 7.30. The Balaban J connectivity index is 2.09. The molecule has 0 aliphatic heterocycles. The van der Waals surface area contributed by atoms with Gasteiger partial charge in [-0.2, -0.15) is 0 Å². The van der Waals surface area contributed by atoms with Gasteiger partial charge < -0.3 is 9.64 Å². The standard InChI is InChI=1S/C21H31NOS/c1-4-6-14-22(15-7-5-2)19-12-10-18(21(17-19)23-3)11-13-20-9-8-16-24-20/h8-10,12,16-17H,4-7,11,13-15H2,1-3H3. The van der Waals surface area contributed by atoms with Crippen LogP contribution in [0.4, 0.5) is 5.69 Å². The molecule has 2 rings (SSSR count). The summed E-state index contributed by atoms with van der Waals surface area (Å²) in [6.45, 7) is 6.78. The molecule has 0 atom stereocenters. The van der Waals surface area contributed by atoms with Crippen LogP contribution in [-0.4, -0.2) is 20.2 Å². The molecule has 0 saturated carbocycles. The van der Waals surface area contributed by atoms with Gasteiger partial charge in [0.15, 0.2) is 0 Å². The lowest BCUT2D eigenvalue weighted by Gasteiger charge is -2.25. The summed E-state index contributed by atoms with van der Waals surface area (Å²) in [7, 11) is 1.79. The number of methoxy groups -OCH3 is 1. The summed E-state index contributed by atoms with van der Waals surface area (Å²) < 4.78 is 5.69. The van der Waals surface area contributed by atoms with E-state index in [1.165, 1.54) is 41.8 Å². The Hall–Kier alpha value is -1.48. The van der Waals surface area contributed by atoms with Crippen LogP contribution in [-0.2, 0) is 12.8 Å². The zero-order valence-corrected chi connectivity index (χ0v) is 16.2. The predicted octanol–water partition coefficient (Wildman–Crippen LogP) is 5.95. The minimum atomic E-state index is 1.03. The molecular formula is C21H31NOS. The first-order valence-electron chi connectivity index (χ1n) is 9.22. The van der Waals surface area contributed by atoms with E-state index in [4.69, 9.17) is 4.74 Å². The molecule has 1 aromatic heterocycles. The van der Waals surface area contributed by atoms with Crippen LogP contribution in [0, 0.1) is 0 Å². The van der Waals surface area contributed by atoms with Crippen LogP contribution in [0.1, 0.15) is 50.0 Å². The second kappa shape index (κ2) is 10.4. The van der Waals surface area contributed by atoms with E-state index >= 15 is 0 Å². The van der Waals surface area contributed by atoms with Crippen molar-refractivity contribution in [2.75, 3.05) is 25.1 Å². The van der Waals surface area contributed by atoms with Gasteiger partial charge >= 0.3 is 0 Å². The van der Waals surface area contributed by atoms with E-state index in [1.807, 2.05) is 11.3 Å². The normalized spacial score (nSPS) is 10.8. The highest BCUT2D eigenvalue weighted by molar-refractivity contribution is 7.09. The number of aryl methyl sites for hydroxylation is 2. The molecule has 2 nitrogen and oxygen atoms in total. The third kappa shape index (κ3) is 5.55. The van der Waals surface area contributed by atoms with Crippen molar-refractivity contribution in [3.05, 3.63) is 46.2 Å². The van der Waals surface area contributed by atoms with E-state index in [2.05, 4.69) is 54.5 Å². The van der Waals surface area contributed by atoms with Gasteiger partial charge in [0.2, 0.25) is 0 Å². The van der Waals surface area contributed by atoms with Crippen molar-refractivity contribution < 1.29 is 4.74 Å². The summed E-state index contributed by atoms with van der Waals surface area (Å²) in [5, 5.41) is 2.15. The molecule has 0 spiro atoms. The fourth-order valence-electron chi connectivity index (χ4n) is 2.92.